The lowest BCUT2D eigenvalue weighted by molar-refractivity contribution is -0.104. The molecule has 0 aliphatic heterocycles. The van der Waals surface area contributed by atoms with Crippen molar-refractivity contribution in [3.63, 3.8) is 0 Å². The molecule has 0 saturated heterocycles. The lowest BCUT2D eigenvalue weighted by Crippen LogP contribution is -2.51. The van der Waals surface area contributed by atoms with Crippen molar-refractivity contribution in [2.75, 3.05) is 0 Å². The van der Waals surface area contributed by atoms with E-state index in [1.54, 1.807) is 0 Å². The van der Waals surface area contributed by atoms with Crippen LogP contribution in [0.4, 0.5) is 0 Å². The zero-order chi connectivity index (χ0) is 14.6. The van der Waals surface area contributed by atoms with Gasteiger partial charge >= 0.3 is 0 Å². The molecule has 0 bridgehead atoms. The number of hydrogen-bond donors (Lipinski definition) is 1. The van der Waals surface area contributed by atoms with Crippen LogP contribution in [-0.2, 0) is 0 Å². The van der Waals surface area contributed by atoms with Gasteiger partial charge in [-0.15, -0.1) is 0 Å². The van der Waals surface area contributed by atoms with Gasteiger partial charge in [0.15, 0.2) is 0 Å². The van der Waals surface area contributed by atoms with Crippen LogP contribution in [0, 0.1) is 46.3 Å². The molecular formula is C19H27NO. The largest absolute Gasteiger partial charge is 0.393 e. The van der Waals surface area contributed by atoms with Crippen LogP contribution in [0.25, 0.3) is 0 Å². The number of nitrogens with zero attached hydrogens (tertiary/aromatic N) is 1. The fourth-order valence-corrected chi connectivity index (χ4v) is 6.55. The van der Waals surface area contributed by atoms with Crippen LogP contribution in [0.3, 0.4) is 0 Å². The molecule has 4 rings (SSSR count). The van der Waals surface area contributed by atoms with Crippen molar-refractivity contribution >= 4 is 0 Å². The van der Waals surface area contributed by atoms with Crippen LogP contribution < -0.4 is 0 Å². The molecule has 114 valence electrons. The summed E-state index contributed by atoms with van der Waals surface area (Å²) in [5.41, 5.74) is 1.51. The first-order chi connectivity index (χ1) is 10.1. The number of hydrogen-bond acceptors (Lipinski definition) is 2. The Bertz CT molecular complexity index is 504. The summed E-state index contributed by atoms with van der Waals surface area (Å²) in [6.07, 6.45) is 11.8. The van der Waals surface area contributed by atoms with E-state index in [-0.39, 0.29) is 6.10 Å². The molecule has 3 fully saturated rings. The van der Waals surface area contributed by atoms with Gasteiger partial charge in [-0.05, 0) is 86.4 Å². The first-order valence-electron chi connectivity index (χ1n) is 8.90. The third-order valence-corrected chi connectivity index (χ3v) is 7.64. The summed E-state index contributed by atoms with van der Waals surface area (Å²) in [7, 11) is 0. The summed E-state index contributed by atoms with van der Waals surface area (Å²) in [6, 6.07) is 2.42. The maximum absolute atomic E-state index is 10.0. The van der Waals surface area contributed by atoms with Crippen molar-refractivity contribution in [3.8, 4) is 6.07 Å². The Morgan fingerprint density at radius 3 is 2.86 bits per heavy atom. The highest BCUT2D eigenvalue weighted by Gasteiger charge is 2.54. The second kappa shape index (κ2) is 4.85. The normalized spacial score (nSPS) is 52.1. The maximum Gasteiger partial charge on any atom is 0.0943 e. The molecule has 3 saturated carbocycles. The van der Waals surface area contributed by atoms with Crippen LogP contribution in [0.2, 0.25) is 0 Å². The Kier molecular flexibility index (Phi) is 3.19. The maximum atomic E-state index is 10.0. The van der Waals surface area contributed by atoms with Gasteiger partial charge in [0, 0.05) is 5.57 Å². The molecule has 0 spiro atoms. The molecule has 1 N–H and O–H groups in total. The first kappa shape index (κ1) is 13.8. The van der Waals surface area contributed by atoms with Crippen molar-refractivity contribution in [2.24, 2.45) is 35.0 Å². The van der Waals surface area contributed by atoms with Crippen LogP contribution in [-0.4, -0.2) is 11.2 Å². The minimum atomic E-state index is -0.0469. The summed E-state index contributed by atoms with van der Waals surface area (Å²) in [5.74, 6) is 3.86. The van der Waals surface area contributed by atoms with Gasteiger partial charge in [-0.3, -0.25) is 0 Å². The molecular weight excluding hydrogens is 258 g/mol. The molecule has 2 heteroatoms. The van der Waals surface area contributed by atoms with Gasteiger partial charge in [0.2, 0.25) is 0 Å². The minimum absolute atomic E-state index is 0.0469. The van der Waals surface area contributed by atoms with Crippen LogP contribution in [0.5, 0.6) is 0 Å². The van der Waals surface area contributed by atoms with Crippen molar-refractivity contribution in [1.29, 1.82) is 5.26 Å². The minimum Gasteiger partial charge on any atom is -0.393 e. The van der Waals surface area contributed by atoms with E-state index in [0.717, 1.165) is 48.5 Å². The summed E-state index contributed by atoms with van der Waals surface area (Å²) >= 11 is 0. The fourth-order valence-electron chi connectivity index (χ4n) is 6.55. The zero-order valence-electron chi connectivity index (χ0n) is 13.1. The van der Waals surface area contributed by atoms with E-state index in [4.69, 9.17) is 0 Å². The highest BCUT2D eigenvalue weighted by Crippen LogP contribution is 2.62. The molecule has 21 heavy (non-hydrogen) atoms. The SMILES string of the molecule is C[C@@]12CC[C@H](O)C[C@@H]1CCC1[C@H]3CC(C#N)=CC3CC[C@H]12. The second-order valence-corrected chi connectivity index (χ2v) is 8.39. The van der Waals surface area contributed by atoms with Gasteiger partial charge in [-0.25, -0.2) is 0 Å². The topological polar surface area (TPSA) is 44.0 Å². The van der Waals surface area contributed by atoms with E-state index < -0.39 is 0 Å². The highest BCUT2D eigenvalue weighted by atomic mass is 16.3. The molecule has 7 atom stereocenters. The quantitative estimate of drug-likeness (QED) is 0.729. The summed E-state index contributed by atoms with van der Waals surface area (Å²) in [4.78, 5) is 0. The van der Waals surface area contributed by atoms with Crippen LogP contribution >= 0.6 is 0 Å². The van der Waals surface area contributed by atoms with Crippen LogP contribution in [0.15, 0.2) is 11.6 Å². The predicted octanol–water partition coefficient (Wildman–Crippen LogP) is 4.06. The second-order valence-electron chi connectivity index (χ2n) is 8.39. The number of aliphatic hydroxyl groups is 1. The van der Waals surface area contributed by atoms with E-state index in [9.17, 15) is 10.4 Å². The molecule has 0 heterocycles. The van der Waals surface area contributed by atoms with Crippen molar-refractivity contribution in [1.82, 2.24) is 0 Å². The van der Waals surface area contributed by atoms with E-state index in [1.165, 1.54) is 32.1 Å². The third-order valence-electron chi connectivity index (χ3n) is 7.64. The van der Waals surface area contributed by atoms with E-state index in [2.05, 4.69) is 19.1 Å². The summed E-state index contributed by atoms with van der Waals surface area (Å²) in [5, 5.41) is 19.3. The van der Waals surface area contributed by atoms with E-state index in [1.807, 2.05) is 0 Å². The number of allylic oxidation sites excluding steroid dienone is 2. The number of fused-ring (bicyclic) bond motifs is 5. The van der Waals surface area contributed by atoms with Gasteiger partial charge in [-0.1, -0.05) is 13.0 Å². The van der Waals surface area contributed by atoms with Gasteiger partial charge in [0.05, 0.1) is 12.2 Å². The van der Waals surface area contributed by atoms with Crippen molar-refractivity contribution in [3.05, 3.63) is 11.6 Å². The highest BCUT2D eigenvalue weighted by molar-refractivity contribution is 5.28. The van der Waals surface area contributed by atoms with Gasteiger partial charge in [0.25, 0.3) is 0 Å². The molecule has 0 aromatic rings. The number of rotatable bonds is 0. The predicted molar refractivity (Wildman–Crippen MR) is 82.2 cm³/mol. The smallest absolute Gasteiger partial charge is 0.0943 e. The number of nitriles is 1. The molecule has 4 aliphatic rings. The molecule has 0 radical (unpaired) electrons. The summed E-state index contributed by atoms with van der Waals surface area (Å²) < 4.78 is 0. The average Bonchev–Trinajstić information content (AvgIpc) is 2.91. The van der Waals surface area contributed by atoms with Crippen molar-refractivity contribution < 1.29 is 5.11 Å². The van der Waals surface area contributed by atoms with E-state index in [0.29, 0.717) is 11.3 Å². The zero-order valence-corrected chi connectivity index (χ0v) is 13.1. The Morgan fingerprint density at radius 2 is 2.05 bits per heavy atom. The standard InChI is InChI=1S/C19H27NO/c1-19-7-6-15(21)10-14(19)3-4-16-17-9-12(11-20)8-13(17)2-5-18(16)19/h8,13-18,21H,2-7,9-10H2,1H3/t13?,14-,15-,16?,17-,18+,19+/m0/s1. The Hall–Kier alpha value is -0.810. The van der Waals surface area contributed by atoms with E-state index >= 15 is 0 Å². The van der Waals surface area contributed by atoms with Crippen molar-refractivity contribution in [2.45, 2.75) is 64.4 Å². The molecule has 4 aliphatic carbocycles. The Balaban J connectivity index is 1.59. The molecule has 0 aromatic carbocycles. The monoisotopic (exact) mass is 285 g/mol. The third kappa shape index (κ3) is 2.00. The summed E-state index contributed by atoms with van der Waals surface area (Å²) in [6.45, 7) is 2.52. The van der Waals surface area contributed by atoms with Gasteiger partial charge < -0.3 is 5.11 Å². The lowest BCUT2D eigenvalue weighted by atomic mass is 9.47. The molecule has 0 amide bonds. The fraction of sp³-hybridized carbons (Fsp3) is 0.842. The average molecular weight is 285 g/mol. The van der Waals surface area contributed by atoms with Crippen LogP contribution in [0.1, 0.15) is 58.3 Å². The molecule has 2 nitrogen and oxygen atoms in total. The molecule has 0 aromatic heterocycles. The number of aliphatic hydroxyl groups excluding tert-OH is 1. The lowest BCUT2D eigenvalue weighted by Gasteiger charge is -2.58. The molecule has 2 unspecified atom stereocenters. The first-order valence-corrected chi connectivity index (χ1v) is 8.90. The van der Waals surface area contributed by atoms with Gasteiger partial charge in [-0.2, -0.15) is 5.26 Å². The Labute approximate surface area is 128 Å². The van der Waals surface area contributed by atoms with Gasteiger partial charge in [0.1, 0.15) is 0 Å². The Morgan fingerprint density at radius 1 is 1.19 bits per heavy atom.